The predicted molar refractivity (Wildman–Crippen MR) is 73.6 cm³/mol. The van der Waals surface area contributed by atoms with Crippen molar-refractivity contribution in [3.05, 3.63) is 36.0 Å². The number of benzene rings is 1. The molecule has 0 radical (unpaired) electrons. The summed E-state index contributed by atoms with van der Waals surface area (Å²) < 4.78 is 16.0. The molecule has 2 aromatic rings. The van der Waals surface area contributed by atoms with Crippen molar-refractivity contribution in [3.63, 3.8) is 0 Å². The number of rotatable bonds is 4. The van der Waals surface area contributed by atoms with Crippen LogP contribution in [0.1, 0.15) is 23.9 Å². The zero-order valence-corrected chi connectivity index (χ0v) is 11.8. The van der Waals surface area contributed by atoms with Crippen LogP contribution in [0.3, 0.4) is 0 Å². The van der Waals surface area contributed by atoms with E-state index in [9.17, 15) is 0 Å². The maximum atomic E-state index is 5.89. The molecule has 7 heteroatoms. The summed E-state index contributed by atoms with van der Waals surface area (Å²) in [5.74, 6) is 2.49. The van der Waals surface area contributed by atoms with E-state index in [1.807, 2.05) is 24.3 Å². The molecule has 3 rings (SSSR count). The number of nitrogens with zero attached hydrogens (tertiary/aromatic N) is 2. The molecule has 2 unspecified atom stereocenters. The van der Waals surface area contributed by atoms with Crippen molar-refractivity contribution in [2.24, 2.45) is 5.73 Å². The molecule has 20 heavy (non-hydrogen) atoms. The fraction of sp³-hybridized carbons (Fsp3) is 0.385. The number of fused-ring (bicyclic) bond motifs is 1. The minimum atomic E-state index is -0.412. The molecule has 1 aliphatic heterocycles. The van der Waals surface area contributed by atoms with Crippen LogP contribution in [0.25, 0.3) is 0 Å². The molecule has 0 fully saturated rings. The second-order valence-electron chi connectivity index (χ2n) is 4.42. The van der Waals surface area contributed by atoms with Crippen LogP contribution in [0.2, 0.25) is 0 Å². The van der Waals surface area contributed by atoms with E-state index in [0.717, 1.165) is 16.4 Å². The minimum Gasteiger partial charge on any atom is -0.480 e. The first-order valence-corrected chi connectivity index (χ1v) is 7.23. The lowest BCUT2D eigenvalue weighted by Crippen LogP contribution is -2.18. The fourth-order valence-electron chi connectivity index (χ4n) is 1.93. The fourth-order valence-corrected chi connectivity index (χ4v) is 2.91. The van der Waals surface area contributed by atoms with E-state index in [1.54, 1.807) is 18.9 Å². The smallest absolute Gasteiger partial charge is 0.246 e. The minimum absolute atomic E-state index is 0.220. The third-order valence-corrected chi connectivity index (χ3v) is 4.04. The van der Waals surface area contributed by atoms with Crippen molar-refractivity contribution >= 4 is 11.8 Å². The third kappa shape index (κ3) is 2.65. The molecule has 106 valence electrons. The Balaban J connectivity index is 1.75. The van der Waals surface area contributed by atoms with Crippen LogP contribution in [0.4, 0.5) is 0 Å². The Morgan fingerprint density at radius 2 is 2.35 bits per heavy atom. The van der Waals surface area contributed by atoms with Crippen LogP contribution >= 0.6 is 11.8 Å². The maximum Gasteiger partial charge on any atom is 0.246 e. The summed E-state index contributed by atoms with van der Waals surface area (Å²) >= 11 is 1.72. The summed E-state index contributed by atoms with van der Waals surface area (Å²) in [6.07, 6.45) is -0.220. The van der Waals surface area contributed by atoms with Gasteiger partial charge in [-0.05, 0) is 12.1 Å². The number of hydrogen-bond donors (Lipinski definition) is 1. The highest BCUT2D eigenvalue weighted by molar-refractivity contribution is 7.99. The molecule has 0 bridgehead atoms. The first-order valence-electron chi connectivity index (χ1n) is 6.24. The van der Waals surface area contributed by atoms with E-state index in [0.29, 0.717) is 18.3 Å². The van der Waals surface area contributed by atoms with Gasteiger partial charge >= 0.3 is 0 Å². The van der Waals surface area contributed by atoms with Gasteiger partial charge in [0.05, 0.1) is 6.61 Å². The zero-order chi connectivity index (χ0) is 13.9. The van der Waals surface area contributed by atoms with Gasteiger partial charge in [-0.1, -0.05) is 17.3 Å². The van der Waals surface area contributed by atoms with Crippen molar-refractivity contribution in [1.29, 1.82) is 0 Å². The summed E-state index contributed by atoms with van der Waals surface area (Å²) in [4.78, 5) is 5.43. The van der Waals surface area contributed by atoms with Gasteiger partial charge < -0.3 is 19.7 Å². The Labute approximate surface area is 120 Å². The lowest BCUT2D eigenvalue weighted by molar-refractivity contribution is 0.166. The van der Waals surface area contributed by atoms with Crippen LogP contribution in [-0.2, 0) is 4.74 Å². The van der Waals surface area contributed by atoms with Crippen molar-refractivity contribution in [3.8, 4) is 5.75 Å². The highest BCUT2D eigenvalue weighted by Crippen LogP contribution is 2.39. The Morgan fingerprint density at radius 1 is 1.50 bits per heavy atom. The van der Waals surface area contributed by atoms with Gasteiger partial charge in [-0.25, -0.2) is 0 Å². The summed E-state index contributed by atoms with van der Waals surface area (Å²) in [7, 11) is 1.58. The molecule has 0 spiro atoms. The second-order valence-corrected chi connectivity index (χ2v) is 5.48. The van der Waals surface area contributed by atoms with E-state index in [4.69, 9.17) is 19.7 Å². The van der Waals surface area contributed by atoms with Crippen LogP contribution < -0.4 is 10.5 Å². The first kappa shape index (κ1) is 13.4. The van der Waals surface area contributed by atoms with Gasteiger partial charge in [0.15, 0.2) is 6.10 Å². The lowest BCUT2D eigenvalue weighted by Gasteiger charge is -2.22. The van der Waals surface area contributed by atoms with Gasteiger partial charge in [-0.2, -0.15) is 4.98 Å². The molecule has 1 aliphatic rings. The Bertz CT molecular complexity index is 590. The molecule has 2 N–H and O–H groups in total. The van der Waals surface area contributed by atoms with Crippen molar-refractivity contribution in [2.75, 3.05) is 19.5 Å². The van der Waals surface area contributed by atoms with E-state index < -0.39 is 6.04 Å². The van der Waals surface area contributed by atoms with E-state index in [-0.39, 0.29) is 6.10 Å². The molecule has 0 amide bonds. The monoisotopic (exact) mass is 293 g/mol. The number of thioether (sulfide) groups is 1. The SMILES string of the molecule is COCC(N)c1nc(C2CSc3ccccc3O2)no1. The molecule has 6 nitrogen and oxygen atoms in total. The van der Waals surface area contributed by atoms with Crippen LogP contribution in [-0.4, -0.2) is 29.6 Å². The number of para-hydroxylation sites is 1. The number of methoxy groups -OCH3 is 1. The summed E-state index contributed by atoms with van der Waals surface area (Å²) in [5.41, 5.74) is 5.86. The van der Waals surface area contributed by atoms with Crippen LogP contribution in [0.5, 0.6) is 5.75 Å². The van der Waals surface area contributed by atoms with Gasteiger partial charge in [-0.15, -0.1) is 11.8 Å². The van der Waals surface area contributed by atoms with Crippen LogP contribution in [0.15, 0.2) is 33.7 Å². The van der Waals surface area contributed by atoms with Gasteiger partial charge in [-0.3, -0.25) is 0 Å². The summed E-state index contributed by atoms with van der Waals surface area (Å²) in [6.45, 7) is 0.338. The molecule has 0 saturated heterocycles. The van der Waals surface area contributed by atoms with Gasteiger partial charge in [0.25, 0.3) is 0 Å². The van der Waals surface area contributed by atoms with Crippen molar-refractivity contribution < 1.29 is 14.0 Å². The Hall–Kier alpha value is -1.57. The predicted octanol–water partition coefficient (Wildman–Crippen LogP) is 1.94. The lowest BCUT2D eigenvalue weighted by atomic mass is 10.3. The number of aromatic nitrogens is 2. The topological polar surface area (TPSA) is 83.4 Å². The van der Waals surface area contributed by atoms with Gasteiger partial charge in [0.2, 0.25) is 11.7 Å². The van der Waals surface area contributed by atoms with E-state index >= 15 is 0 Å². The molecular formula is C13H15N3O3S. The zero-order valence-electron chi connectivity index (χ0n) is 11.0. The molecule has 0 saturated carbocycles. The normalized spacial score (nSPS) is 19.2. The molecule has 2 atom stereocenters. The molecular weight excluding hydrogens is 278 g/mol. The summed E-state index contributed by atoms with van der Waals surface area (Å²) in [5, 5.41) is 3.96. The summed E-state index contributed by atoms with van der Waals surface area (Å²) in [6, 6.07) is 7.49. The molecule has 1 aromatic heterocycles. The van der Waals surface area contributed by atoms with Crippen LogP contribution in [0, 0.1) is 0 Å². The maximum absolute atomic E-state index is 5.89. The standard InChI is InChI=1S/C13H15N3O3S/c1-17-6-8(14)13-15-12(16-19-13)10-7-20-11-5-3-2-4-9(11)18-10/h2-5,8,10H,6-7,14H2,1H3. The van der Waals surface area contributed by atoms with E-state index in [2.05, 4.69) is 10.1 Å². The third-order valence-electron chi connectivity index (χ3n) is 2.92. The largest absolute Gasteiger partial charge is 0.480 e. The Morgan fingerprint density at radius 3 is 3.20 bits per heavy atom. The molecule has 0 aliphatic carbocycles. The van der Waals surface area contributed by atoms with Crippen molar-refractivity contribution in [1.82, 2.24) is 10.1 Å². The average Bonchev–Trinajstić information content (AvgIpc) is 2.97. The highest BCUT2D eigenvalue weighted by atomic mass is 32.2. The van der Waals surface area contributed by atoms with E-state index in [1.165, 1.54) is 0 Å². The Kier molecular flexibility index (Phi) is 3.90. The number of nitrogens with two attached hydrogens (primary N) is 1. The number of ether oxygens (including phenoxy) is 2. The van der Waals surface area contributed by atoms with Crippen molar-refractivity contribution in [2.45, 2.75) is 17.0 Å². The molecule has 2 heterocycles. The highest BCUT2D eigenvalue weighted by Gasteiger charge is 2.27. The first-order chi connectivity index (χ1) is 9.78. The van der Waals surface area contributed by atoms with Gasteiger partial charge in [0.1, 0.15) is 11.8 Å². The van der Waals surface area contributed by atoms with Gasteiger partial charge in [0, 0.05) is 17.8 Å². The second kappa shape index (κ2) is 5.82. The molecule has 1 aromatic carbocycles. The number of hydrogen-bond acceptors (Lipinski definition) is 7. The average molecular weight is 293 g/mol. The quantitative estimate of drug-likeness (QED) is 0.922.